The lowest BCUT2D eigenvalue weighted by molar-refractivity contribution is -0.0287. The van der Waals surface area contributed by atoms with E-state index in [2.05, 4.69) is 79.9 Å². The minimum absolute atomic E-state index is 0.0631. The molecule has 7 heteroatoms. The number of alkyl halides is 1. The predicted molar refractivity (Wildman–Crippen MR) is 145 cm³/mol. The first-order chi connectivity index (χ1) is 18.1. The van der Waals surface area contributed by atoms with E-state index in [1.54, 1.807) is 0 Å². The van der Waals surface area contributed by atoms with Crippen LogP contribution >= 0.6 is 0 Å². The second kappa shape index (κ2) is 9.86. The molecule has 3 aliphatic rings. The van der Waals surface area contributed by atoms with Crippen LogP contribution in [0.25, 0.3) is 11.2 Å². The van der Waals surface area contributed by atoms with E-state index in [0.717, 1.165) is 43.3 Å². The maximum atomic E-state index is 14.0. The maximum absolute atomic E-state index is 14.0. The van der Waals surface area contributed by atoms with Gasteiger partial charge < -0.3 is 5.73 Å². The van der Waals surface area contributed by atoms with Gasteiger partial charge in [0.2, 0.25) is 0 Å². The molecule has 2 aromatic heterocycles. The number of nitrogens with one attached hydrogen (secondary N) is 1. The molecule has 0 saturated heterocycles. The molecule has 7 rings (SSSR count). The molecule has 2 heterocycles. The molecule has 1 atom stereocenters. The SMILES string of the molecule is Nc1cc(C(CCN(CCF)C23CCC(c4ccccc4)(CC2)CC3)c2ccccc2)c2nn[nH]c2n1. The van der Waals surface area contributed by atoms with Crippen LogP contribution in [-0.4, -0.2) is 50.6 Å². The molecule has 3 N–H and O–H groups in total. The van der Waals surface area contributed by atoms with Crippen LogP contribution in [0.5, 0.6) is 0 Å². The van der Waals surface area contributed by atoms with Crippen LogP contribution in [0, 0.1) is 0 Å². The van der Waals surface area contributed by atoms with E-state index in [-0.39, 0.29) is 18.1 Å². The molecule has 37 heavy (non-hydrogen) atoms. The lowest BCUT2D eigenvalue weighted by Crippen LogP contribution is -2.58. The third-order valence-electron chi connectivity index (χ3n) is 9.23. The van der Waals surface area contributed by atoms with Crippen LogP contribution < -0.4 is 5.73 Å². The molecule has 1 unspecified atom stereocenters. The van der Waals surface area contributed by atoms with Crippen LogP contribution in [0.2, 0.25) is 0 Å². The minimum Gasteiger partial charge on any atom is -0.384 e. The largest absolute Gasteiger partial charge is 0.384 e. The quantitative estimate of drug-likeness (QED) is 0.306. The molecule has 0 amide bonds. The first-order valence-corrected chi connectivity index (χ1v) is 13.5. The second-order valence-electron chi connectivity index (χ2n) is 10.9. The Morgan fingerprint density at radius 1 is 0.919 bits per heavy atom. The summed E-state index contributed by atoms with van der Waals surface area (Å²) in [7, 11) is 0. The maximum Gasteiger partial charge on any atom is 0.178 e. The summed E-state index contributed by atoms with van der Waals surface area (Å²) in [6.07, 6.45) is 7.79. The summed E-state index contributed by atoms with van der Waals surface area (Å²) in [5.74, 6) is 0.513. The molecular weight excluding hydrogens is 463 g/mol. The van der Waals surface area contributed by atoms with Gasteiger partial charge in [-0.3, -0.25) is 4.90 Å². The van der Waals surface area contributed by atoms with E-state index in [9.17, 15) is 4.39 Å². The van der Waals surface area contributed by atoms with E-state index in [0.29, 0.717) is 23.4 Å². The lowest BCUT2D eigenvalue weighted by Gasteiger charge is -2.58. The first kappa shape index (κ1) is 24.0. The fourth-order valence-corrected chi connectivity index (χ4v) is 7.17. The molecule has 0 radical (unpaired) electrons. The molecule has 2 bridgehead atoms. The van der Waals surface area contributed by atoms with Crippen LogP contribution in [0.3, 0.4) is 0 Å². The third-order valence-corrected chi connectivity index (χ3v) is 9.23. The van der Waals surface area contributed by atoms with Crippen LogP contribution in [0.1, 0.15) is 67.6 Å². The number of benzene rings is 2. The Labute approximate surface area is 217 Å². The summed E-state index contributed by atoms with van der Waals surface area (Å²) in [5, 5.41) is 11.2. The van der Waals surface area contributed by atoms with Crippen molar-refractivity contribution in [3.63, 3.8) is 0 Å². The fourth-order valence-electron chi connectivity index (χ4n) is 7.17. The Bertz CT molecular complexity index is 1310. The molecule has 4 aromatic rings. The van der Waals surface area contributed by atoms with Crippen LogP contribution in [0.4, 0.5) is 10.2 Å². The zero-order valence-electron chi connectivity index (χ0n) is 21.2. The normalized spacial score (nSPS) is 24.1. The Balaban J connectivity index is 1.27. The number of hydrogen-bond acceptors (Lipinski definition) is 5. The Morgan fingerprint density at radius 2 is 1.59 bits per heavy atom. The van der Waals surface area contributed by atoms with Gasteiger partial charge in [-0.15, -0.1) is 5.10 Å². The average Bonchev–Trinajstić information content (AvgIpc) is 3.43. The van der Waals surface area contributed by atoms with Gasteiger partial charge in [-0.1, -0.05) is 65.9 Å². The fraction of sp³-hybridized carbons (Fsp3) is 0.433. The average molecular weight is 499 g/mol. The zero-order chi connectivity index (χ0) is 25.3. The molecule has 6 nitrogen and oxygen atoms in total. The van der Waals surface area contributed by atoms with Gasteiger partial charge in [0.1, 0.15) is 18.0 Å². The second-order valence-corrected chi connectivity index (χ2v) is 10.9. The molecule has 0 spiro atoms. The number of nitrogens with zero attached hydrogens (tertiary/aromatic N) is 4. The lowest BCUT2D eigenvalue weighted by atomic mass is 9.54. The number of rotatable bonds is 9. The standard InChI is InChI=1S/C30H35FN6/c31-18-20-37(30-15-12-29(13-16-30,14-17-30)23-9-5-2-6-10-23)19-11-24(22-7-3-1-4-8-22)25-21-26(32)33-28-27(25)34-36-35-28/h1-10,21,24H,11-20H2,(H3,32,33,34,35,36). The van der Waals surface area contributed by atoms with Gasteiger partial charge in [0, 0.05) is 18.0 Å². The number of aromatic nitrogens is 4. The van der Waals surface area contributed by atoms with Crippen molar-refractivity contribution in [1.82, 2.24) is 25.3 Å². The summed E-state index contributed by atoms with van der Waals surface area (Å²) in [4.78, 5) is 6.84. The predicted octanol–water partition coefficient (Wildman–Crippen LogP) is 5.77. The smallest absolute Gasteiger partial charge is 0.178 e. The molecule has 0 aliphatic heterocycles. The van der Waals surface area contributed by atoms with Crippen molar-refractivity contribution in [3.05, 3.63) is 83.4 Å². The van der Waals surface area contributed by atoms with E-state index in [4.69, 9.17) is 5.73 Å². The number of anilines is 1. The van der Waals surface area contributed by atoms with Gasteiger partial charge in [-0.2, -0.15) is 0 Å². The molecular formula is C30H35FN6. The third kappa shape index (κ3) is 4.39. The van der Waals surface area contributed by atoms with Gasteiger partial charge in [-0.25, -0.2) is 14.5 Å². The van der Waals surface area contributed by atoms with E-state index in [1.807, 2.05) is 12.1 Å². The molecule has 2 aromatic carbocycles. The highest BCUT2D eigenvalue weighted by molar-refractivity contribution is 5.77. The first-order valence-electron chi connectivity index (χ1n) is 13.5. The van der Waals surface area contributed by atoms with Crippen molar-refractivity contribution in [2.24, 2.45) is 0 Å². The number of nitrogen functional groups attached to an aromatic ring is 1. The van der Waals surface area contributed by atoms with E-state index in [1.165, 1.54) is 30.4 Å². The highest BCUT2D eigenvalue weighted by Gasteiger charge is 2.51. The summed E-state index contributed by atoms with van der Waals surface area (Å²) in [6, 6.07) is 23.4. The number of fused-ring (bicyclic) bond motifs is 4. The highest BCUT2D eigenvalue weighted by atomic mass is 19.1. The van der Waals surface area contributed by atoms with Crippen molar-refractivity contribution in [1.29, 1.82) is 0 Å². The Hall–Kier alpha value is -3.32. The molecule has 3 saturated carbocycles. The summed E-state index contributed by atoms with van der Waals surface area (Å²) >= 11 is 0. The van der Waals surface area contributed by atoms with Crippen LogP contribution in [-0.2, 0) is 5.41 Å². The van der Waals surface area contributed by atoms with E-state index < -0.39 is 0 Å². The van der Waals surface area contributed by atoms with Crippen molar-refractivity contribution >= 4 is 17.0 Å². The molecule has 192 valence electrons. The summed E-state index contributed by atoms with van der Waals surface area (Å²) in [6.45, 7) is 0.985. The van der Waals surface area contributed by atoms with Gasteiger partial charge in [0.05, 0.1) is 0 Å². The van der Waals surface area contributed by atoms with Crippen molar-refractivity contribution in [2.45, 2.75) is 61.8 Å². The molecule has 3 aliphatic carbocycles. The van der Waals surface area contributed by atoms with Crippen molar-refractivity contribution in [2.75, 3.05) is 25.5 Å². The number of pyridine rings is 1. The monoisotopic (exact) mass is 498 g/mol. The topological polar surface area (TPSA) is 83.7 Å². The summed E-state index contributed by atoms with van der Waals surface area (Å²) < 4.78 is 14.0. The minimum atomic E-state index is -0.322. The van der Waals surface area contributed by atoms with Gasteiger partial charge in [0.15, 0.2) is 5.65 Å². The highest BCUT2D eigenvalue weighted by Crippen LogP contribution is 2.55. The number of H-pyrrole nitrogens is 1. The number of halogens is 1. The zero-order valence-corrected chi connectivity index (χ0v) is 21.2. The van der Waals surface area contributed by atoms with Gasteiger partial charge >= 0.3 is 0 Å². The molecule has 3 fully saturated rings. The Kier molecular flexibility index (Phi) is 6.41. The van der Waals surface area contributed by atoms with Crippen molar-refractivity contribution in [3.8, 4) is 0 Å². The van der Waals surface area contributed by atoms with E-state index >= 15 is 0 Å². The van der Waals surface area contributed by atoms with Crippen LogP contribution in [0.15, 0.2) is 66.7 Å². The van der Waals surface area contributed by atoms with Crippen molar-refractivity contribution < 1.29 is 4.39 Å². The summed E-state index contributed by atoms with van der Waals surface area (Å²) in [5.41, 5.74) is 11.6. The Morgan fingerprint density at radius 3 is 2.27 bits per heavy atom. The van der Waals surface area contributed by atoms with Gasteiger partial charge in [0.25, 0.3) is 0 Å². The number of nitrogens with two attached hydrogens (primary N) is 1. The van der Waals surface area contributed by atoms with Gasteiger partial charge in [-0.05, 0) is 79.7 Å². The number of aromatic amines is 1. The number of hydrogen-bond donors (Lipinski definition) is 2.